The summed E-state index contributed by atoms with van der Waals surface area (Å²) in [6, 6.07) is 4.06. The van der Waals surface area contributed by atoms with Crippen molar-refractivity contribution in [3.63, 3.8) is 0 Å². The standard InChI is InChI=1S/C11H12BrF2NO2S/c12-9-7-8(18(16,17)11(13)14)3-4-10(9)15-5-1-2-6-15/h3-4,7,11H,1-2,5-6H2. The van der Waals surface area contributed by atoms with Crippen LogP contribution in [0.3, 0.4) is 0 Å². The van der Waals surface area contributed by atoms with E-state index >= 15 is 0 Å². The fourth-order valence-electron chi connectivity index (χ4n) is 1.98. The molecule has 7 heteroatoms. The largest absolute Gasteiger partial charge is 0.371 e. The van der Waals surface area contributed by atoms with E-state index in [-0.39, 0.29) is 4.90 Å². The predicted octanol–water partition coefficient (Wildman–Crippen LogP) is 3.05. The van der Waals surface area contributed by atoms with Gasteiger partial charge in [0.25, 0.3) is 0 Å². The third-order valence-electron chi connectivity index (χ3n) is 2.93. The molecule has 1 saturated heterocycles. The minimum absolute atomic E-state index is 0.354. The Labute approximate surface area is 113 Å². The van der Waals surface area contributed by atoms with Gasteiger partial charge in [-0.15, -0.1) is 0 Å². The zero-order valence-corrected chi connectivity index (χ0v) is 11.8. The molecule has 0 unspecified atom stereocenters. The number of sulfone groups is 1. The van der Waals surface area contributed by atoms with Crippen LogP contribution in [0, 0.1) is 0 Å². The van der Waals surface area contributed by atoms with E-state index in [4.69, 9.17) is 0 Å². The quantitative estimate of drug-likeness (QED) is 0.849. The molecule has 0 aliphatic carbocycles. The molecule has 1 aromatic rings. The van der Waals surface area contributed by atoms with Crippen LogP contribution in [0.4, 0.5) is 14.5 Å². The molecule has 1 aliphatic rings. The molecular weight excluding hydrogens is 328 g/mol. The highest BCUT2D eigenvalue weighted by Crippen LogP contribution is 2.32. The van der Waals surface area contributed by atoms with Gasteiger partial charge in [-0.2, -0.15) is 8.78 Å². The summed E-state index contributed by atoms with van der Waals surface area (Å²) in [6.07, 6.45) is 2.17. The lowest BCUT2D eigenvalue weighted by atomic mass is 10.3. The SMILES string of the molecule is O=S(=O)(c1ccc(N2CCCC2)c(Br)c1)C(F)F. The van der Waals surface area contributed by atoms with Crippen LogP contribution in [0.15, 0.2) is 27.6 Å². The molecule has 0 amide bonds. The first kappa shape index (κ1) is 13.7. The molecule has 3 nitrogen and oxygen atoms in total. The first-order valence-electron chi connectivity index (χ1n) is 5.49. The summed E-state index contributed by atoms with van der Waals surface area (Å²) in [5.74, 6) is -3.39. The van der Waals surface area contributed by atoms with E-state index in [0.29, 0.717) is 4.47 Å². The molecule has 18 heavy (non-hydrogen) atoms. The van der Waals surface area contributed by atoms with Gasteiger partial charge in [0.05, 0.1) is 10.6 Å². The van der Waals surface area contributed by atoms with Gasteiger partial charge in [-0.1, -0.05) is 0 Å². The molecule has 0 radical (unpaired) electrons. The highest BCUT2D eigenvalue weighted by molar-refractivity contribution is 9.10. The first-order chi connectivity index (χ1) is 8.43. The Morgan fingerprint density at radius 3 is 2.33 bits per heavy atom. The summed E-state index contributed by atoms with van der Waals surface area (Å²) >= 11 is 3.25. The van der Waals surface area contributed by atoms with Gasteiger partial charge in [0.1, 0.15) is 0 Å². The van der Waals surface area contributed by atoms with Crippen molar-refractivity contribution < 1.29 is 17.2 Å². The normalized spacial score (nSPS) is 16.6. The van der Waals surface area contributed by atoms with Crippen molar-refractivity contribution in [2.45, 2.75) is 23.5 Å². The van der Waals surface area contributed by atoms with Crippen molar-refractivity contribution in [3.05, 3.63) is 22.7 Å². The van der Waals surface area contributed by atoms with Crippen molar-refractivity contribution in [1.29, 1.82) is 0 Å². The summed E-state index contributed by atoms with van der Waals surface area (Å²) in [6.45, 7) is 1.80. The van der Waals surface area contributed by atoms with Crippen LogP contribution >= 0.6 is 15.9 Å². The lowest BCUT2D eigenvalue weighted by Crippen LogP contribution is -2.18. The Balaban J connectivity index is 2.36. The second-order valence-electron chi connectivity index (χ2n) is 4.11. The van der Waals surface area contributed by atoms with Gasteiger partial charge in [0.2, 0.25) is 9.84 Å². The Kier molecular flexibility index (Phi) is 3.91. The van der Waals surface area contributed by atoms with Crippen LogP contribution in [0.5, 0.6) is 0 Å². The topological polar surface area (TPSA) is 37.4 Å². The van der Waals surface area contributed by atoms with Crippen molar-refractivity contribution in [1.82, 2.24) is 0 Å². The van der Waals surface area contributed by atoms with E-state index in [9.17, 15) is 17.2 Å². The highest BCUT2D eigenvalue weighted by Gasteiger charge is 2.27. The maximum atomic E-state index is 12.4. The molecule has 0 saturated carbocycles. The molecule has 0 spiro atoms. The van der Waals surface area contributed by atoms with Gasteiger partial charge in [0.15, 0.2) is 0 Å². The molecule has 0 aromatic heterocycles. The lowest BCUT2D eigenvalue weighted by Gasteiger charge is -2.19. The average Bonchev–Trinajstić information content (AvgIpc) is 2.82. The van der Waals surface area contributed by atoms with E-state index in [0.717, 1.165) is 31.6 Å². The smallest absolute Gasteiger partial charge is 0.341 e. The molecule has 1 fully saturated rings. The van der Waals surface area contributed by atoms with Crippen LogP contribution in [0.25, 0.3) is 0 Å². The Bertz CT molecular complexity index is 542. The Morgan fingerprint density at radius 1 is 1.22 bits per heavy atom. The second kappa shape index (κ2) is 5.13. The summed E-state index contributed by atoms with van der Waals surface area (Å²) in [4.78, 5) is 1.75. The van der Waals surface area contributed by atoms with Gasteiger partial charge in [0, 0.05) is 17.6 Å². The van der Waals surface area contributed by atoms with E-state index in [1.165, 1.54) is 12.1 Å². The van der Waals surface area contributed by atoms with Crippen LogP contribution < -0.4 is 4.90 Å². The number of hydrogen-bond acceptors (Lipinski definition) is 3. The van der Waals surface area contributed by atoms with E-state index in [2.05, 4.69) is 20.8 Å². The number of halogens is 3. The number of anilines is 1. The summed E-state index contributed by atoms with van der Waals surface area (Å²) in [5, 5.41) is 0. The van der Waals surface area contributed by atoms with Crippen LogP contribution in [-0.4, -0.2) is 27.3 Å². The van der Waals surface area contributed by atoms with E-state index in [1.807, 2.05) is 0 Å². The third kappa shape index (κ3) is 2.51. The van der Waals surface area contributed by atoms with Crippen LogP contribution in [0.2, 0.25) is 0 Å². The highest BCUT2D eigenvalue weighted by atomic mass is 79.9. The molecule has 0 bridgehead atoms. The van der Waals surface area contributed by atoms with Gasteiger partial charge >= 0.3 is 5.76 Å². The Hall–Kier alpha value is -0.690. The van der Waals surface area contributed by atoms with Crippen molar-refractivity contribution in [3.8, 4) is 0 Å². The second-order valence-corrected chi connectivity index (χ2v) is 6.89. The zero-order chi connectivity index (χ0) is 13.3. The van der Waals surface area contributed by atoms with Crippen molar-refractivity contribution >= 4 is 31.5 Å². The molecule has 0 atom stereocenters. The molecular formula is C11H12BrF2NO2S. The summed E-state index contributed by atoms with van der Waals surface area (Å²) in [5.41, 5.74) is 0.848. The molecule has 1 aliphatic heterocycles. The Morgan fingerprint density at radius 2 is 1.83 bits per heavy atom. The third-order valence-corrected chi connectivity index (χ3v) is 4.94. The van der Waals surface area contributed by atoms with Gasteiger partial charge in [-0.25, -0.2) is 8.42 Å². The average molecular weight is 340 g/mol. The molecule has 100 valence electrons. The van der Waals surface area contributed by atoms with Gasteiger partial charge < -0.3 is 4.90 Å². The summed E-state index contributed by atoms with van der Waals surface area (Å²) < 4.78 is 48.0. The number of rotatable bonds is 3. The molecule has 1 aromatic carbocycles. The molecule has 1 heterocycles. The monoisotopic (exact) mass is 339 g/mol. The van der Waals surface area contributed by atoms with Crippen molar-refractivity contribution in [2.24, 2.45) is 0 Å². The zero-order valence-electron chi connectivity index (χ0n) is 9.44. The number of benzene rings is 1. The van der Waals surface area contributed by atoms with Crippen molar-refractivity contribution in [2.75, 3.05) is 18.0 Å². The maximum absolute atomic E-state index is 12.4. The maximum Gasteiger partial charge on any atom is 0.341 e. The van der Waals surface area contributed by atoms with Crippen LogP contribution in [0.1, 0.15) is 12.8 Å². The van der Waals surface area contributed by atoms with Gasteiger partial charge in [-0.05, 0) is 47.0 Å². The number of nitrogens with zero attached hydrogens (tertiary/aromatic N) is 1. The fourth-order valence-corrected chi connectivity index (χ4v) is 3.51. The van der Waals surface area contributed by atoms with E-state index < -0.39 is 15.6 Å². The minimum atomic E-state index is -4.52. The lowest BCUT2D eigenvalue weighted by molar-refractivity contribution is 0.234. The van der Waals surface area contributed by atoms with Crippen LogP contribution in [-0.2, 0) is 9.84 Å². The first-order valence-corrected chi connectivity index (χ1v) is 7.83. The number of hydrogen-bond donors (Lipinski definition) is 0. The predicted molar refractivity (Wildman–Crippen MR) is 68.8 cm³/mol. The number of alkyl halides is 2. The molecule has 0 N–H and O–H groups in total. The summed E-state index contributed by atoms with van der Waals surface area (Å²) in [7, 11) is -4.52. The molecule has 2 rings (SSSR count). The van der Waals surface area contributed by atoms with E-state index in [1.54, 1.807) is 6.07 Å². The van der Waals surface area contributed by atoms with Gasteiger partial charge in [-0.3, -0.25) is 0 Å². The minimum Gasteiger partial charge on any atom is -0.371 e. The fraction of sp³-hybridized carbons (Fsp3) is 0.455.